The summed E-state index contributed by atoms with van der Waals surface area (Å²) in [5.74, 6) is -0.665. The van der Waals surface area contributed by atoms with Crippen LogP contribution in [0.15, 0.2) is 35.0 Å². The van der Waals surface area contributed by atoms with E-state index < -0.39 is 5.82 Å². The Labute approximate surface area is 119 Å². The fraction of sp³-hybridized carbons (Fsp3) is 0.0769. The first-order valence-corrected chi connectivity index (χ1v) is 6.81. The number of carbonyl (C=O) groups is 1. The van der Waals surface area contributed by atoms with Crippen LogP contribution in [0.2, 0.25) is 0 Å². The minimum absolute atomic E-state index is 0.0357. The zero-order valence-corrected chi connectivity index (χ0v) is 11.5. The molecular formula is C13H11FN2OS2. The van der Waals surface area contributed by atoms with E-state index in [-0.39, 0.29) is 22.9 Å². The topological polar surface area (TPSA) is 55.1 Å². The lowest BCUT2D eigenvalue weighted by atomic mass is 10.1. The van der Waals surface area contributed by atoms with Crippen LogP contribution in [0.5, 0.6) is 0 Å². The van der Waals surface area contributed by atoms with E-state index in [1.54, 1.807) is 0 Å². The van der Waals surface area contributed by atoms with Crippen LogP contribution >= 0.6 is 23.6 Å². The van der Waals surface area contributed by atoms with Gasteiger partial charge in [0.25, 0.3) is 0 Å². The largest absolute Gasteiger partial charge is 0.389 e. The third kappa shape index (κ3) is 3.59. The summed E-state index contributed by atoms with van der Waals surface area (Å²) >= 11 is 6.28. The van der Waals surface area contributed by atoms with Gasteiger partial charge in [0, 0.05) is 11.3 Å². The minimum Gasteiger partial charge on any atom is -0.389 e. The molecule has 1 aromatic heterocycles. The Morgan fingerprint density at radius 2 is 2.21 bits per heavy atom. The molecule has 0 unspecified atom stereocenters. The number of nitrogens with one attached hydrogen (secondary N) is 1. The van der Waals surface area contributed by atoms with Crippen molar-refractivity contribution in [3.63, 3.8) is 0 Å². The quantitative estimate of drug-likeness (QED) is 0.853. The monoisotopic (exact) mass is 294 g/mol. The zero-order valence-electron chi connectivity index (χ0n) is 9.85. The van der Waals surface area contributed by atoms with Gasteiger partial charge in [0.2, 0.25) is 5.91 Å². The standard InChI is InChI=1S/C13H11FN2OS2/c14-11-2-1-9(6-10(11)13(15)18)16-12(17)5-8-3-4-19-7-8/h1-4,6-7H,5H2,(H2,15,18)(H,16,17). The maximum atomic E-state index is 13.4. The van der Waals surface area contributed by atoms with Crippen molar-refractivity contribution in [1.82, 2.24) is 0 Å². The van der Waals surface area contributed by atoms with Crippen LogP contribution in [0.3, 0.4) is 0 Å². The highest BCUT2D eigenvalue weighted by Gasteiger charge is 2.09. The number of thiocarbonyl (C=S) groups is 1. The number of nitrogens with two attached hydrogens (primary N) is 1. The Hall–Kier alpha value is -1.79. The number of hydrogen-bond acceptors (Lipinski definition) is 3. The van der Waals surface area contributed by atoms with Gasteiger partial charge in [-0.3, -0.25) is 4.79 Å². The van der Waals surface area contributed by atoms with Gasteiger partial charge in [-0.25, -0.2) is 4.39 Å². The van der Waals surface area contributed by atoms with Crippen LogP contribution in [-0.4, -0.2) is 10.9 Å². The van der Waals surface area contributed by atoms with Crippen LogP contribution in [0.1, 0.15) is 11.1 Å². The average Bonchev–Trinajstić information content (AvgIpc) is 2.84. The van der Waals surface area contributed by atoms with Gasteiger partial charge in [-0.05, 0) is 40.6 Å². The number of benzene rings is 1. The molecule has 0 saturated carbocycles. The van der Waals surface area contributed by atoms with Gasteiger partial charge >= 0.3 is 0 Å². The molecule has 1 heterocycles. The molecule has 0 aliphatic heterocycles. The van der Waals surface area contributed by atoms with Crippen molar-refractivity contribution >= 4 is 40.1 Å². The Balaban J connectivity index is 2.09. The molecule has 2 rings (SSSR count). The summed E-state index contributed by atoms with van der Waals surface area (Å²) in [5.41, 5.74) is 6.95. The van der Waals surface area contributed by atoms with E-state index >= 15 is 0 Å². The highest BCUT2D eigenvalue weighted by Crippen LogP contribution is 2.15. The van der Waals surface area contributed by atoms with E-state index in [1.165, 1.54) is 29.5 Å². The first-order chi connectivity index (χ1) is 9.06. The Morgan fingerprint density at radius 1 is 1.42 bits per heavy atom. The molecule has 0 fully saturated rings. The van der Waals surface area contributed by atoms with Crippen LogP contribution in [0.25, 0.3) is 0 Å². The van der Waals surface area contributed by atoms with E-state index in [0.717, 1.165) is 5.56 Å². The Bertz CT molecular complexity index is 611. The average molecular weight is 294 g/mol. The fourth-order valence-electron chi connectivity index (χ4n) is 1.58. The highest BCUT2D eigenvalue weighted by molar-refractivity contribution is 7.80. The number of thiophene rings is 1. The summed E-state index contributed by atoms with van der Waals surface area (Å²) in [4.78, 5) is 11.7. The summed E-state index contributed by atoms with van der Waals surface area (Å²) in [6.45, 7) is 0. The molecule has 2 aromatic rings. The summed E-state index contributed by atoms with van der Waals surface area (Å²) < 4.78 is 13.4. The molecule has 0 atom stereocenters. The van der Waals surface area contributed by atoms with E-state index in [0.29, 0.717) is 5.69 Å². The number of anilines is 1. The van der Waals surface area contributed by atoms with Gasteiger partial charge in [-0.2, -0.15) is 11.3 Å². The van der Waals surface area contributed by atoms with Crippen molar-refractivity contribution in [3.05, 3.63) is 52.0 Å². The second-order valence-corrected chi connectivity index (χ2v) is 5.14. The van der Waals surface area contributed by atoms with Gasteiger partial charge in [-0.1, -0.05) is 12.2 Å². The van der Waals surface area contributed by atoms with Crippen LogP contribution < -0.4 is 11.1 Å². The number of amides is 1. The summed E-state index contributed by atoms with van der Waals surface area (Å²) in [7, 11) is 0. The van der Waals surface area contributed by atoms with Crippen molar-refractivity contribution in [2.24, 2.45) is 5.73 Å². The van der Waals surface area contributed by atoms with E-state index in [4.69, 9.17) is 18.0 Å². The van der Waals surface area contributed by atoms with E-state index in [1.807, 2.05) is 16.8 Å². The third-order valence-electron chi connectivity index (χ3n) is 2.46. The number of halogens is 1. The van der Waals surface area contributed by atoms with Gasteiger partial charge in [0.1, 0.15) is 10.8 Å². The summed E-state index contributed by atoms with van der Waals surface area (Å²) in [6.07, 6.45) is 0.281. The molecule has 0 aliphatic rings. The second-order valence-electron chi connectivity index (χ2n) is 3.92. The summed E-state index contributed by atoms with van der Waals surface area (Å²) in [5, 5.41) is 6.50. The van der Waals surface area contributed by atoms with E-state index in [9.17, 15) is 9.18 Å². The maximum absolute atomic E-state index is 13.4. The fourth-order valence-corrected chi connectivity index (χ4v) is 2.40. The molecule has 3 nitrogen and oxygen atoms in total. The van der Waals surface area contributed by atoms with Crippen molar-refractivity contribution < 1.29 is 9.18 Å². The van der Waals surface area contributed by atoms with Crippen molar-refractivity contribution in [3.8, 4) is 0 Å². The molecule has 6 heteroatoms. The third-order valence-corrected chi connectivity index (χ3v) is 3.41. The smallest absolute Gasteiger partial charge is 0.228 e. The van der Waals surface area contributed by atoms with Crippen molar-refractivity contribution in [1.29, 1.82) is 0 Å². The van der Waals surface area contributed by atoms with Crippen molar-refractivity contribution in [2.45, 2.75) is 6.42 Å². The van der Waals surface area contributed by atoms with Gasteiger partial charge in [-0.15, -0.1) is 0 Å². The molecule has 1 amide bonds. The SMILES string of the molecule is NC(=S)c1cc(NC(=O)Cc2ccsc2)ccc1F. The molecule has 0 bridgehead atoms. The number of rotatable bonds is 4. The van der Waals surface area contributed by atoms with Crippen molar-refractivity contribution in [2.75, 3.05) is 5.32 Å². The van der Waals surface area contributed by atoms with Crippen LogP contribution in [0, 0.1) is 5.82 Å². The zero-order chi connectivity index (χ0) is 13.8. The number of carbonyl (C=O) groups excluding carboxylic acids is 1. The highest BCUT2D eigenvalue weighted by atomic mass is 32.1. The Kier molecular flexibility index (Phi) is 4.24. The lowest BCUT2D eigenvalue weighted by Crippen LogP contribution is -2.16. The predicted octanol–water partition coefficient (Wildman–Crippen LogP) is 2.70. The molecule has 1 aromatic carbocycles. The van der Waals surface area contributed by atoms with Gasteiger partial charge in [0.15, 0.2) is 0 Å². The number of hydrogen-bond donors (Lipinski definition) is 2. The molecule has 0 radical (unpaired) electrons. The summed E-state index contributed by atoms with van der Waals surface area (Å²) in [6, 6.07) is 6.02. The molecular weight excluding hydrogens is 283 g/mol. The molecule has 3 N–H and O–H groups in total. The van der Waals surface area contributed by atoms with E-state index in [2.05, 4.69) is 5.32 Å². The lowest BCUT2D eigenvalue weighted by Gasteiger charge is -2.07. The van der Waals surface area contributed by atoms with Gasteiger partial charge < -0.3 is 11.1 Å². The molecule has 98 valence electrons. The lowest BCUT2D eigenvalue weighted by molar-refractivity contribution is -0.115. The first kappa shape index (κ1) is 13.6. The van der Waals surface area contributed by atoms with Crippen LogP contribution in [-0.2, 0) is 11.2 Å². The minimum atomic E-state index is -0.497. The molecule has 19 heavy (non-hydrogen) atoms. The normalized spacial score (nSPS) is 10.2. The molecule has 0 spiro atoms. The molecule has 0 saturated heterocycles. The molecule has 0 aliphatic carbocycles. The second kappa shape index (κ2) is 5.90. The van der Waals surface area contributed by atoms with Gasteiger partial charge in [0.05, 0.1) is 6.42 Å². The predicted molar refractivity (Wildman–Crippen MR) is 78.9 cm³/mol. The van der Waals surface area contributed by atoms with Crippen LogP contribution in [0.4, 0.5) is 10.1 Å². The maximum Gasteiger partial charge on any atom is 0.228 e. The first-order valence-electron chi connectivity index (χ1n) is 5.46. The Morgan fingerprint density at radius 3 is 2.84 bits per heavy atom.